The lowest BCUT2D eigenvalue weighted by Crippen LogP contribution is -2.24. The number of fused-ring (bicyclic) bond motifs is 1. The quantitative estimate of drug-likeness (QED) is 0.267. The molecule has 4 aromatic rings. The lowest BCUT2D eigenvalue weighted by atomic mass is 10.1. The summed E-state index contributed by atoms with van der Waals surface area (Å²) in [7, 11) is 0. The van der Waals surface area contributed by atoms with Gasteiger partial charge in [0.05, 0.1) is 16.8 Å². The van der Waals surface area contributed by atoms with Crippen molar-refractivity contribution in [2.24, 2.45) is 5.10 Å². The van der Waals surface area contributed by atoms with Gasteiger partial charge < -0.3 is 9.72 Å². The molecule has 1 amide bonds. The zero-order valence-corrected chi connectivity index (χ0v) is 16.3. The highest BCUT2D eigenvalue weighted by Crippen LogP contribution is 2.29. The summed E-state index contributed by atoms with van der Waals surface area (Å²) in [6.07, 6.45) is 1.57. The van der Waals surface area contributed by atoms with E-state index in [0.717, 1.165) is 27.7 Å². The fraction of sp³-hybridized carbons (Fsp3) is 0.0435. The van der Waals surface area contributed by atoms with Crippen molar-refractivity contribution in [1.82, 2.24) is 10.4 Å². The second-order valence-corrected chi connectivity index (χ2v) is 6.63. The molecule has 0 atom stereocenters. The van der Waals surface area contributed by atoms with Crippen molar-refractivity contribution in [3.63, 3.8) is 0 Å². The smallest absolute Gasteiger partial charge is 0.310 e. The molecule has 0 aliphatic carbocycles. The van der Waals surface area contributed by atoms with Crippen LogP contribution in [0, 0.1) is 10.1 Å². The molecule has 0 aliphatic rings. The van der Waals surface area contributed by atoms with Gasteiger partial charge >= 0.3 is 5.69 Å². The van der Waals surface area contributed by atoms with Crippen LogP contribution in [0.3, 0.4) is 0 Å². The van der Waals surface area contributed by atoms with Crippen LogP contribution in [0.25, 0.3) is 22.2 Å². The highest BCUT2D eigenvalue weighted by Gasteiger charge is 2.15. The van der Waals surface area contributed by atoms with Gasteiger partial charge in [0.2, 0.25) is 0 Å². The van der Waals surface area contributed by atoms with Crippen LogP contribution in [0.15, 0.2) is 84.0 Å². The Balaban J connectivity index is 1.49. The largest absolute Gasteiger partial charge is 0.477 e. The summed E-state index contributed by atoms with van der Waals surface area (Å²) in [4.78, 5) is 26.0. The Morgan fingerprint density at radius 1 is 1.03 bits per heavy atom. The lowest BCUT2D eigenvalue weighted by molar-refractivity contribution is -0.385. The van der Waals surface area contributed by atoms with E-state index in [1.165, 1.54) is 18.2 Å². The molecule has 1 aromatic heterocycles. The molecule has 0 unspecified atom stereocenters. The Morgan fingerprint density at radius 3 is 2.55 bits per heavy atom. The monoisotopic (exact) mass is 414 g/mol. The van der Waals surface area contributed by atoms with Gasteiger partial charge in [-0.15, -0.1) is 0 Å². The van der Waals surface area contributed by atoms with E-state index in [1.54, 1.807) is 12.3 Å². The van der Waals surface area contributed by atoms with Gasteiger partial charge in [0.25, 0.3) is 5.91 Å². The number of nitro groups is 1. The molecule has 1 heterocycles. The summed E-state index contributed by atoms with van der Waals surface area (Å²) >= 11 is 0. The van der Waals surface area contributed by atoms with Crippen molar-refractivity contribution in [3.05, 3.63) is 94.5 Å². The summed E-state index contributed by atoms with van der Waals surface area (Å²) in [5, 5.41) is 16.1. The van der Waals surface area contributed by atoms with Gasteiger partial charge in [0.15, 0.2) is 12.4 Å². The zero-order valence-electron chi connectivity index (χ0n) is 16.3. The van der Waals surface area contributed by atoms with Crippen LogP contribution >= 0.6 is 0 Å². The van der Waals surface area contributed by atoms with Gasteiger partial charge in [-0.25, -0.2) is 5.43 Å². The SMILES string of the molecule is O=C(COc1ccccc1[N+](=O)[O-])N/N=C/c1c(-c2ccccc2)[nH]c2ccccc12. The van der Waals surface area contributed by atoms with E-state index in [9.17, 15) is 14.9 Å². The third-order valence-corrected chi connectivity index (χ3v) is 4.61. The number of nitrogens with zero attached hydrogens (tertiary/aromatic N) is 2. The maximum atomic E-state index is 12.1. The van der Waals surface area contributed by atoms with Gasteiger partial charge in [-0.1, -0.05) is 60.7 Å². The van der Waals surface area contributed by atoms with Crippen molar-refractivity contribution >= 4 is 28.7 Å². The molecule has 4 rings (SSSR count). The number of aromatic nitrogens is 1. The predicted octanol–water partition coefficient (Wildman–Crippen LogP) is 4.27. The third kappa shape index (κ3) is 4.43. The minimum Gasteiger partial charge on any atom is -0.477 e. The number of rotatable bonds is 7. The van der Waals surface area contributed by atoms with E-state index < -0.39 is 17.4 Å². The Hall–Kier alpha value is -4.46. The molecule has 2 N–H and O–H groups in total. The topological polar surface area (TPSA) is 110 Å². The van der Waals surface area contributed by atoms with E-state index in [4.69, 9.17) is 4.74 Å². The number of ether oxygens (including phenoxy) is 1. The first kappa shape index (κ1) is 19.8. The summed E-state index contributed by atoms with van der Waals surface area (Å²) < 4.78 is 5.28. The Bertz CT molecular complexity index is 1270. The van der Waals surface area contributed by atoms with Crippen molar-refractivity contribution in [3.8, 4) is 17.0 Å². The number of carbonyl (C=O) groups excluding carboxylic acids is 1. The molecule has 0 spiro atoms. The molecule has 0 fully saturated rings. The average molecular weight is 414 g/mol. The highest BCUT2D eigenvalue weighted by molar-refractivity contribution is 6.06. The average Bonchev–Trinajstić information content (AvgIpc) is 3.17. The molecule has 8 nitrogen and oxygen atoms in total. The summed E-state index contributed by atoms with van der Waals surface area (Å²) in [6.45, 7) is -0.401. The van der Waals surface area contributed by atoms with Gasteiger partial charge in [-0.05, 0) is 17.7 Å². The van der Waals surface area contributed by atoms with Gasteiger partial charge in [-0.3, -0.25) is 14.9 Å². The van der Waals surface area contributed by atoms with Gasteiger partial charge in [0.1, 0.15) is 0 Å². The number of amides is 1. The standard InChI is InChI=1S/C23H18N4O4/c28-22(15-31-21-13-7-6-12-20(21)27(29)30)26-24-14-18-17-10-4-5-11-19(17)25-23(18)16-8-2-1-3-9-16/h1-14,25H,15H2,(H,26,28)/b24-14+. The number of nitrogens with one attached hydrogen (secondary N) is 2. The maximum Gasteiger partial charge on any atom is 0.310 e. The summed E-state index contributed by atoms with van der Waals surface area (Å²) in [5.41, 5.74) is 5.87. The molecule has 154 valence electrons. The number of para-hydroxylation sites is 3. The Kier molecular flexibility index (Phi) is 5.70. The number of H-pyrrole nitrogens is 1. The fourth-order valence-electron chi connectivity index (χ4n) is 3.20. The first-order valence-electron chi connectivity index (χ1n) is 9.48. The molecule has 0 radical (unpaired) electrons. The molecule has 0 saturated carbocycles. The van der Waals surface area contributed by atoms with Crippen LogP contribution in [-0.2, 0) is 4.79 Å². The number of carbonyl (C=O) groups is 1. The lowest BCUT2D eigenvalue weighted by Gasteiger charge is -2.05. The molecule has 8 heteroatoms. The molecular formula is C23H18N4O4. The van der Waals surface area contributed by atoms with Crippen LogP contribution in [0.2, 0.25) is 0 Å². The minimum atomic E-state index is -0.562. The van der Waals surface area contributed by atoms with Gasteiger partial charge in [0, 0.05) is 22.5 Å². The number of hydrogen-bond acceptors (Lipinski definition) is 5. The molecule has 0 aliphatic heterocycles. The normalized spacial score (nSPS) is 11.0. The van der Waals surface area contributed by atoms with E-state index >= 15 is 0 Å². The predicted molar refractivity (Wildman–Crippen MR) is 118 cm³/mol. The first-order chi connectivity index (χ1) is 15.1. The third-order valence-electron chi connectivity index (χ3n) is 4.61. The van der Waals surface area contributed by atoms with Crippen LogP contribution in [0.4, 0.5) is 5.69 Å². The summed E-state index contributed by atoms with van der Waals surface area (Å²) in [6, 6.07) is 23.5. The van der Waals surface area contributed by atoms with Crippen LogP contribution in [0.1, 0.15) is 5.56 Å². The van der Waals surface area contributed by atoms with Gasteiger partial charge in [-0.2, -0.15) is 5.10 Å². The van der Waals surface area contributed by atoms with Crippen molar-refractivity contribution < 1.29 is 14.5 Å². The molecule has 3 aromatic carbocycles. The first-order valence-corrected chi connectivity index (χ1v) is 9.48. The van der Waals surface area contributed by atoms with E-state index in [-0.39, 0.29) is 11.4 Å². The highest BCUT2D eigenvalue weighted by atomic mass is 16.6. The second-order valence-electron chi connectivity index (χ2n) is 6.63. The van der Waals surface area contributed by atoms with Crippen LogP contribution in [-0.4, -0.2) is 28.6 Å². The van der Waals surface area contributed by atoms with Crippen molar-refractivity contribution in [2.75, 3.05) is 6.61 Å². The van der Waals surface area contributed by atoms with Crippen LogP contribution < -0.4 is 10.2 Å². The molecule has 0 bridgehead atoms. The minimum absolute atomic E-state index is 0.0228. The molecule has 0 saturated heterocycles. The fourth-order valence-corrected chi connectivity index (χ4v) is 3.20. The number of nitro benzene ring substituents is 1. The Labute approximate surface area is 177 Å². The number of hydrogen-bond donors (Lipinski definition) is 2. The van der Waals surface area contributed by atoms with Crippen molar-refractivity contribution in [2.45, 2.75) is 0 Å². The van der Waals surface area contributed by atoms with E-state index in [2.05, 4.69) is 15.5 Å². The number of benzene rings is 3. The van der Waals surface area contributed by atoms with E-state index in [0.29, 0.717) is 0 Å². The maximum absolute atomic E-state index is 12.1. The summed E-state index contributed by atoms with van der Waals surface area (Å²) in [5.74, 6) is -0.509. The Morgan fingerprint density at radius 2 is 1.74 bits per heavy atom. The van der Waals surface area contributed by atoms with Crippen LogP contribution in [0.5, 0.6) is 5.75 Å². The number of hydrazone groups is 1. The molecule has 31 heavy (non-hydrogen) atoms. The number of aromatic amines is 1. The second kappa shape index (κ2) is 8.91. The van der Waals surface area contributed by atoms with Crippen molar-refractivity contribution in [1.29, 1.82) is 0 Å². The molecular weight excluding hydrogens is 396 g/mol. The van der Waals surface area contributed by atoms with E-state index in [1.807, 2.05) is 54.6 Å². The zero-order chi connectivity index (χ0) is 21.6.